The molecule has 1 aliphatic rings. The van der Waals surface area contributed by atoms with Gasteiger partial charge >= 0.3 is 0 Å². The van der Waals surface area contributed by atoms with Crippen molar-refractivity contribution in [2.75, 3.05) is 13.2 Å². The molecule has 0 saturated carbocycles. The van der Waals surface area contributed by atoms with Crippen LogP contribution in [-0.4, -0.2) is 31.1 Å². The number of nitrogens with two attached hydrogens (primary N) is 1. The lowest BCUT2D eigenvalue weighted by molar-refractivity contribution is -0.128. The van der Waals surface area contributed by atoms with Crippen LogP contribution in [0.15, 0.2) is 0 Å². The second-order valence-electron chi connectivity index (χ2n) is 3.16. The summed E-state index contributed by atoms with van der Waals surface area (Å²) in [6, 6.07) is 0. The number of nitrogens with one attached hydrogen (secondary N) is 1. The van der Waals surface area contributed by atoms with Gasteiger partial charge in [-0.3, -0.25) is 9.59 Å². The topological polar surface area (TPSA) is 81.4 Å². The van der Waals surface area contributed by atoms with Gasteiger partial charge in [0.15, 0.2) is 0 Å². The molecule has 74 valence electrons. The van der Waals surface area contributed by atoms with Crippen molar-refractivity contribution in [1.82, 2.24) is 5.32 Å². The summed E-state index contributed by atoms with van der Waals surface area (Å²) in [6.45, 7) is 2.36. The highest BCUT2D eigenvalue weighted by atomic mass is 16.5. The molecule has 0 bridgehead atoms. The van der Waals surface area contributed by atoms with Gasteiger partial charge < -0.3 is 15.8 Å². The molecule has 1 saturated heterocycles. The van der Waals surface area contributed by atoms with Crippen molar-refractivity contribution < 1.29 is 14.3 Å². The highest BCUT2D eigenvalue weighted by Crippen LogP contribution is 2.19. The molecule has 2 amide bonds. The maximum atomic E-state index is 11.4. The van der Waals surface area contributed by atoms with E-state index in [1.54, 1.807) is 0 Å². The Morgan fingerprint density at radius 2 is 2.31 bits per heavy atom. The molecule has 1 fully saturated rings. The number of carbonyl (C=O) groups is 2. The molecule has 2 atom stereocenters. The molecule has 0 aromatic rings. The van der Waals surface area contributed by atoms with Gasteiger partial charge in [-0.05, 0) is 13.3 Å². The zero-order valence-electron chi connectivity index (χ0n) is 7.58. The molecule has 1 rings (SSSR count). The summed E-state index contributed by atoms with van der Waals surface area (Å²) in [5, 5.41) is 2.46. The zero-order valence-corrected chi connectivity index (χ0v) is 7.58. The van der Waals surface area contributed by atoms with Crippen LogP contribution >= 0.6 is 0 Å². The number of hydrogen-bond acceptors (Lipinski definition) is 3. The fraction of sp³-hybridized carbons (Fsp3) is 0.750. The molecular weight excluding hydrogens is 172 g/mol. The maximum absolute atomic E-state index is 11.4. The molecule has 5 heteroatoms. The molecule has 5 nitrogen and oxygen atoms in total. The minimum Gasteiger partial charge on any atom is -0.378 e. The number of amides is 2. The summed E-state index contributed by atoms with van der Waals surface area (Å²) in [6.07, 6.45) is 0.652. The number of hydrogen-bond donors (Lipinski definition) is 2. The van der Waals surface area contributed by atoms with Crippen LogP contribution in [0.2, 0.25) is 0 Å². The van der Waals surface area contributed by atoms with E-state index in [4.69, 9.17) is 10.5 Å². The second kappa shape index (κ2) is 4.23. The molecule has 0 radical (unpaired) electrons. The van der Waals surface area contributed by atoms with E-state index in [0.29, 0.717) is 13.0 Å². The van der Waals surface area contributed by atoms with Gasteiger partial charge in [0.05, 0.1) is 18.6 Å². The third kappa shape index (κ3) is 2.69. The fourth-order valence-electron chi connectivity index (χ4n) is 1.38. The summed E-state index contributed by atoms with van der Waals surface area (Å²) in [4.78, 5) is 21.7. The number of carbonyl (C=O) groups excluding carboxylic acids is 2. The first-order valence-corrected chi connectivity index (χ1v) is 4.29. The minimum atomic E-state index is -0.528. The molecular formula is C8H14N2O3. The highest BCUT2D eigenvalue weighted by molar-refractivity contribution is 5.85. The molecule has 1 aliphatic heterocycles. The zero-order chi connectivity index (χ0) is 9.84. The van der Waals surface area contributed by atoms with Crippen LogP contribution in [0, 0.1) is 5.92 Å². The van der Waals surface area contributed by atoms with Gasteiger partial charge in [0.2, 0.25) is 11.8 Å². The Kier molecular flexibility index (Phi) is 3.25. The van der Waals surface area contributed by atoms with Crippen molar-refractivity contribution in [1.29, 1.82) is 0 Å². The average Bonchev–Trinajstić information content (AvgIpc) is 2.47. The van der Waals surface area contributed by atoms with Crippen LogP contribution in [0.4, 0.5) is 0 Å². The normalized spacial score (nSPS) is 27.2. The van der Waals surface area contributed by atoms with Gasteiger partial charge in [0.1, 0.15) is 0 Å². The Balaban J connectivity index is 2.34. The molecule has 3 N–H and O–H groups in total. The highest BCUT2D eigenvalue weighted by Gasteiger charge is 2.30. The van der Waals surface area contributed by atoms with Crippen LogP contribution in [0.5, 0.6) is 0 Å². The summed E-state index contributed by atoms with van der Waals surface area (Å²) < 4.78 is 5.22. The third-order valence-corrected chi connectivity index (χ3v) is 2.15. The van der Waals surface area contributed by atoms with Crippen LogP contribution in [-0.2, 0) is 14.3 Å². The standard InChI is InChI=1S/C8H14N2O3/c1-5-6(2-3-13-5)8(12)10-4-7(9)11/h5-6H,2-4H2,1H3,(H2,9,11)(H,10,12). The number of primary amides is 1. The van der Waals surface area contributed by atoms with Gasteiger partial charge in [0, 0.05) is 6.61 Å². The lowest BCUT2D eigenvalue weighted by atomic mass is 10.0. The van der Waals surface area contributed by atoms with E-state index in [9.17, 15) is 9.59 Å². The fourth-order valence-corrected chi connectivity index (χ4v) is 1.38. The van der Waals surface area contributed by atoms with E-state index in [2.05, 4.69) is 5.32 Å². The molecule has 0 aliphatic carbocycles. The predicted molar refractivity (Wildman–Crippen MR) is 45.7 cm³/mol. The van der Waals surface area contributed by atoms with Gasteiger partial charge in [-0.1, -0.05) is 0 Å². The summed E-state index contributed by atoms with van der Waals surface area (Å²) in [7, 11) is 0. The maximum Gasteiger partial charge on any atom is 0.236 e. The monoisotopic (exact) mass is 186 g/mol. The van der Waals surface area contributed by atoms with E-state index in [-0.39, 0.29) is 24.5 Å². The van der Waals surface area contributed by atoms with Crippen molar-refractivity contribution in [2.24, 2.45) is 11.7 Å². The summed E-state index contributed by atoms with van der Waals surface area (Å²) in [5.41, 5.74) is 4.89. The summed E-state index contributed by atoms with van der Waals surface area (Å²) in [5.74, 6) is -0.817. The second-order valence-corrected chi connectivity index (χ2v) is 3.16. The first-order valence-electron chi connectivity index (χ1n) is 4.29. The van der Waals surface area contributed by atoms with Crippen LogP contribution < -0.4 is 11.1 Å². The van der Waals surface area contributed by atoms with Crippen molar-refractivity contribution in [3.05, 3.63) is 0 Å². The largest absolute Gasteiger partial charge is 0.378 e. The molecule has 0 spiro atoms. The molecule has 0 aromatic carbocycles. The number of rotatable bonds is 3. The Labute approximate surface area is 76.6 Å². The Bertz CT molecular complexity index is 217. The van der Waals surface area contributed by atoms with E-state index in [0.717, 1.165) is 0 Å². The van der Waals surface area contributed by atoms with Crippen molar-refractivity contribution in [2.45, 2.75) is 19.4 Å². The minimum absolute atomic E-state index is 0.0622. The Morgan fingerprint density at radius 3 is 2.77 bits per heavy atom. The first kappa shape index (κ1) is 9.98. The lowest BCUT2D eigenvalue weighted by Crippen LogP contribution is -2.39. The molecule has 2 unspecified atom stereocenters. The summed E-state index contributed by atoms with van der Waals surface area (Å²) >= 11 is 0. The van der Waals surface area contributed by atoms with Crippen molar-refractivity contribution in [3.8, 4) is 0 Å². The van der Waals surface area contributed by atoms with Crippen molar-refractivity contribution in [3.63, 3.8) is 0 Å². The quantitative estimate of drug-likeness (QED) is 0.594. The smallest absolute Gasteiger partial charge is 0.236 e. The van der Waals surface area contributed by atoms with E-state index in [1.165, 1.54) is 0 Å². The first-order chi connectivity index (χ1) is 6.11. The van der Waals surface area contributed by atoms with Crippen LogP contribution in [0.25, 0.3) is 0 Å². The molecule has 1 heterocycles. The average molecular weight is 186 g/mol. The van der Waals surface area contributed by atoms with Crippen molar-refractivity contribution >= 4 is 11.8 Å². The van der Waals surface area contributed by atoms with E-state index < -0.39 is 5.91 Å². The Hall–Kier alpha value is -1.10. The molecule has 13 heavy (non-hydrogen) atoms. The number of ether oxygens (including phenoxy) is 1. The Morgan fingerprint density at radius 1 is 1.62 bits per heavy atom. The lowest BCUT2D eigenvalue weighted by Gasteiger charge is -2.12. The van der Waals surface area contributed by atoms with Crippen LogP contribution in [0.1, 0.15) is 13.3 Å². The third-order valence-electron chi connectivity index (χ3n) is 2.15. The van der Waals surface area contributed by atoms with Gasteiger partial charge in [-0.25, -0.2) is 0 Å². The SMILES string of the molecule is CC1OCCC1C(=O)NCC(N)=O. The van der Waals surface area contributed by atoms with E-state index in [1.807, 2.05) is 6.92 Å². The molecule has 0 aromatic heterocycles. The predicted octanol–water partition coefficient (Wildman–Crippen LogP) is -0.987. The van der Waals surface area contributed by atoms with Gasteiger partial charge in [0.25, 0.3) is 0 Å². The van der Waals surface area contributed by atoms with E-state index >= 15 is 0 Å². The van der Waals surface area contributed by atoms with Gasteiger partial charge in [-0.15, -0.1) is 0 Å². The van der Waals surface area contributed by atoms with Crippen LogP contribution in [0.3, 0.4) is 0 Å². The van der Waals surface area contributed by atoms with Gasteiger partial charge in [-0.2, -0.15) is 0 Å².